The minimum atomic E-state index is -0.00824. The second-order valence-corrected chi connectivity index (χ2v) is 9.62. The first-order chi connectivity index (χ1) is 15.7. The molecule has 0 atom stereocenters. The highest BCUT2D eigenvalue weighted by Gasteiger charge is 2.21. The summed E-state index contributed by atoms with van der Waals surface area (Å²) >= 11 is 1.60. The highest BCUT2D eigenvalue weighted by atomic mass is 32.1. The first-order valence-electron chi connectivity index (χ1n) is 11.5. The molecule has 2 aliphatic rings. The van der Waals surface area contributed by atoms with Gasteiger partial charge in [-0.1, -0.05) is 6.42 Å². The van der Waals surface area contributed by atoms with Gasteiger partial charge in [-0.3, -0.25) is 4.79 Å². The number of nitrogens with zero attached hydrogens (tertiary/aromatic N) is 4. The SMILES string of the molecule is N#Cc1ccc(N2CCCN(CCC(=O)Nc3sc4c(c3C#N)CCCCC4)CC2)cc1. The molecular weight excluding hydrogens is 418 g/mol. The second kappa shape index (κ2) is 10.6. The Balaban J connectivity index is 1.29. The fourth-order valence-electron chi connectivity index (χ4n) is 4.60. The molecule has 7 heteroatoms. The van der Waals surface area contributed by atoms with Crippen LogP contribution < -0.4 is 10.2 Å². The largest absolute Gasteiger partial charge is 0.370 e. The third-order valence-corrected chi connectivity index (χ3v) is 7.60. The van der Waals surface area contributed by atoms with Crippen LogP contribution in [0.4, 0.5) is 10.7 Å². The van der Waals surface area contributed by atoms with Crippen LogP contribution in [0.15, 0.2) is 24.3 Å². The molecule has 1 fully saturated rings. The molecule has 6 nitrogen and oxygen atoms in total. The van der Waals surface area contributed by atoms with E-state index in [2.05, 4.69) is 27.3 Å². The zero-order chi connectivity index (χ0) is 22.3. The van der Waals surface area contributed by atoms with E-state index in [1.807, 2.05) is 24.3 Å². The average molecular weight is 448 g/mol. The van der Waals surface area contributed by atoms with Crippen molar-refractivity contribution in [1.29, 1.82) is 10.5 Å². The molecule has 1 saturated heterocycles. The molecule has 1 aromatic carbocycles. The van der Waals surface area contributed by atoms with Gasteiger partial charge in [0.1, 0.15) is 11.1 Å². The summed E-state index contributed by atoms with van der Waals surface area (Å²) in [7, 11) is 0. The van der Waals surface area contributed by atoms with Crippen molar-refractivity contribution >= 4 is 27.9 Å². The summed E-state index contributed by atoms with van der Waals surface area (Å²) in [5.74, 6) is -0.00824. The highest BCUT2D eigenvalue weighted by molar-refractivity contribution is 7.16. The Kier molecular flexibility index (Phi) is 7.42. The first-order valence-corrected chi connectivity index (χ1v) is 12.3. The van der Waals surface area contributed by atoms with Gasteiger partial charge in [-0.25, -0.2) is 0 Å². The Labute approximate surface area is 194 Å². The third kappa shape index (κ3) is 5.30. The maximum absolute atomic E-state index is 12.7. The van der Waals surface area contributed by atoms with E-state index in [-0.39, 0.29) is 5.91 Å². The predicted molar refractivity (Wildman–Crippen MR) is 128 cm³/mol. The summed E-state index contributed by atoms with van der Waals surface area (Å²) in [6.45, 7) is 4.48. The van der Waals surface area contributed by atoms with E-state index in [1.165, 1.54) is 23.3 Å². The van der Waals surface area contributed by atoms with Crippen molar-refractivity contribution in [2.45, 2.75) is 44.9 Å². The normalized spacial score (nSPS) is 16.9. The number of rotatable bonds is 5. The number of nitrogens with one attached hydrogen (secondary N) is 1. The first kappa shape index (κ1) is 22.3. The Bertz CT molecular complexity index is 1030. The van der Waals surface area contributed by atoms with Crippen LogP contribution in [-0.2, 0) is 17.6 Å². The average Bonchev–Trinajstić information content (AvgIpc) is 3.00. The summed E-state index contributed by atoms with van der Waals surface area (Å²) in [5.41, 5.74) is 3.68. The molecule has 2 aromatic rings. The molecule has 0 spiro atoms. The van der Waals surface area contributed by atoms with Crippen LogP contribution in [0.2, 0.25) is 0 Å². The second-order valence-electron chi connectivity index (χ2n) is 8.52. The zero-order valence-electron chi connectivity index (χ0n) is 18.4. The van der Waals surface area contributed by atoms with Gasteiger partial charge in [0.25, 0.3) is 0 Å². The molecule has 1 aliphatic carbocycles. The van der Waals surface area contributed by atoms with Crippen molar-refractivity contribution < 1.29 is 4.79 Å². The minimum Gasteiger partial charge on any atom is -0.370 e. The van der Waals surface area contributed by atoms with Gasteiger partial charge >= 0.3 is 0 Å². The van der Waals surface area contributed by atoms with Crippen LogP contribution in [0.1, 0.15) is 53.7 Å². The standard InChI is InChI=1S/C25H29N5OS/c26-17-19-7-9-20(10-8-19)30-13-4-12-29(15-16-30)14-11-24(31)28-25-22(18-27)21-5-2-1-3-6-23(21)32-25/h7-10H,1-6,11-16H2,(H,28,31). The molecular formula is C25H29N5OS. The number of aryl methyl sites for hydroxylation is 1. The fraction of sp³-hybridized carbons (Fsp3) is 0.480. The maximum atomic E-state index is 12.7. The third-order valence-electron chi connectivity index (χ3n) is 6.39. The quantitative estimate of drug-likeness (QED) is 0.691. The Morgan fingerprint density at radius 2 is 1.78 bits per heavy atom. The number of carbonyl (C=O) groups is 1. The monoisotopic (exact) mass is 447 g/mol. The van der Waals surface area contributed by atoms with Crippen molar-refractivity contribution in [1.82, 2.24) is 4.90 Å². The van der Waals surface area contributed by atoms with Gasteiger partial charge in [0.05, 0.1) is 17.2 Å². The number of amides is 1. The van der Waals surface area contributed by atoms with Crippen LogP contribution in [0.5, 0.6) is 0 Å². The maximum Gasteiger partial charge on any atom is 0.226 e. The van der Waals surface area contributed by atoms with E-state index >= 15 is 0 Å². The molecule has 1 aromatic heterocycles. The van der Waals surface area contributed by atoms with Crippen molar-refractivity contribution in [2.24, 2.45) is 0 Å². The van der Waals surface area contributed by atoms with Gasteiger partial charge in [0.15, 0.2) is 0 Å². The number of hydrogen-bond acceptors (Lipinski definition) is 6. The van der Waals surface area contributed by atoms with Gasteiger partial charge in [-0.05, 0) is 68.5 Å². The highest BCUT2D eigenvalue weighted by Crippen LogP contribution is 2.37. The Morgan fingerprint density at radius 3 is 2.56 bits per heavy atom. The zero-order valence-corrected chi connectivity index (χ0v) is 19.2. The van der Waals surface area contributed by atoms with Gasteiger partial charge in [0.2, 0.25) is 5.91 Å². The van der Waals surface area contributed by atoms with Crippen molar-refractivity contribution in [3.8, 4) is 12.1 Å². The summed E-state index contributed by atoms with van der Waals surface area (Å²) in [4.78, 5) is 18.6. The number of nitriles is 2. The van der Waals surface area contributed by atoms with Crippen LogP contribution in [-0.4, -0.2) is 43.5 Å². The van der Waals surface area contributed by atoms with Crippen LogP contribution in [0.25, 0.3) is 0 Å². The van der Waals surface area contributed by atoms with E-state index in [0.29, 0.717) is 17.5 Å². The van der Waals surface area contributed by atoms with Gasteiger partial charge in [0, 0.05) is 43.2 Å². The van der Waals surface area contributed by atoms with Crippen molar-refractivity contribution in [2.75, 3.05) is 42.9 Å². The van der Waals surface area contributed by atoms with Crippen LogP contribution in [0.3, 0.4) is 0 Å². The molecule has 32 heavy (non-hydrogen) atoms. The Morgan fingerprint density at radius 1 is 0.969 bits per heavy atom. The molecule has 4 rings (SSSR count). The molecule has 0 bridgehead atoms. The number of carbonyl (C=O) groups excluding carboxylic acids is 1. The molecule has 0 unspecified atom stereocenters. The lowest BCUT2D eigenvalue weighted by molar-refractivity contribution is -0.116. The number of anilines is 2. The number of benzene rings is 1. The van der Waals surface area contributed by atoms with Gasteiger partial charge in [-0.15, -0.1) is 11.3 Å². The van der Waals surface area contributed by atoms with Crippen molar-refractivity contribution in [3.05, 3.63) is 45.8 Å². The van der Waals surface area contributed by atoms with Crippen LogP contribution >= 0.6 is 11.3 Å². The topological polar surface area (TPSA) is 83.2 Å². The van der Waals surface area contributed by atoms with E-state index in [9.17, 15) is 10.1 Å². The molecule has 1 N–H and O–H groups in total. The van der Waals surface area contributed by atoms with Gasteiger partial charge < -0.3 is 15.1 Å². The molecule has 1 amide bonds. The summed E-state index contributed by atoms with van der Waals surface area (Å²) in [6, 6.07) is 12.3. The van der Waals surface area contributed by atoms with E-state index in [4.69, 9.17) is 5.26 Å². The molecule has 1 aliphatic heterocycles. The number of fused-ring (bicyclic) bond motifs is 1. The molecule has 0 radical (unpaired) electrons. The molecule has 2 heterocycles. The number of thiophene rings is 1. The smallest absolute Gasteiger partial charge is 0.226 e. The van der Waals surface area contributed by atoms with Gasteiger partial charge in [-0.2, -0.15) is 10.5 Å². The van der Waals surface area contributed by atoms with E-state index < -0.39 is 0 Å². The fourth-order valence-corrected chi connectivity index (χ4v) is 5.85. The summed E-state index contributed by atoms with van der Waals surface area (Å²) in [5, 5.41) is 22.4. The summed E-state index contributed by atoms with van der Waals surface area (Å²) < 4.78 is 0. The molecule has 166 valence electrons. The van der Waals surface area contributed by atoms with Crippen molar-refractivity contribution in [3.63, 3.8) is 0 Å². The lowest BCUT2D eigenvalue weighted by Gasteiger charge is -2.23. The summed E-state index contributed by atoms with van der Waals surface area (Å²) in [6.07, 6.45) is 6.96. The number of hydrogen-bond donors (Lipinski definition) is 1. The Hall–Kier alpha value is -2.87. The van der Waals surface area contributed by atoms with E-state index in [0.717, 1.165) is 69.1 Å². The lowest BCUT2D eigenvalue weighted by Crippen LogP contribution is -2.32. The lowest BCUT2D eigenvalue weighted by atomic mass is 10.1. The van der Waals surface area contributed by atoms with E-state index in [1.54, 1.807) is 11.3 Å². The molecule has 0 saturated carbocycles. The predicted octanol–water partition coefficient (Wildman–Crippen LogP) is 4.30. The van der Waals surface area contributed by atoms with Crippen LogP contribution in [0, 0.1) is 22.7 Å². The minimum absolute atomic E-state index is 0.00824.